The Kier molecular flexibility index (Phi) is 5.13. The molecule has 0 atom stereocenters. The van der Waals surface area contributed by atoms with Crippen LogP contribution in [0.5, 0.6) is 0 Å². The van der Waals surface area contributed by atoms with Gasteiger partial charge in [0, 0.05) is 28.5 Å². The monoisotopic (exact) mass is 433 g/mol. The van der Waals surface area contributed by atoms with Crippen LogP contribution < -0.4 is 5.56 Å². The summed E-state index contributed by atoms with van der Waals surface area (Å²) in [7, 11) is 0. The van der Waals surface area contributed by atoms with E-state index in [0.717, 1.165) is 21.1 Å². The number of rotatable bonds is 4. The molecule has 136 valence electrons. The molecular weight excluding hydrogens is 414 g/mol. The topological polar surface area (TPSA) is 65.1 Å². The van der Waals surface area contributed by atoms with E-state index in [9.17, 15) is 4.79 Å². The zero-order valence-corrected chi connectivity index (χ0v) is 17.0. The van der Waals surface area contributed by atoms with E-state index in [1.54, 1.807) is 28.4 Å². The molecule has 0 aliphatic heterocycles. The Morgan fingerprint density at radius 1 is 1.23 bits per heavy atom. The molecule has 1 fully saturated rings. The number of fused-ring (bicyclic) bond motifs is 1. The van der Waals surface area contributed by atoms with Gasteiger partial charge in [-0.15, -0.1) is 10.2 Å². The number of hydrogen-bond acceptors (Lipinski definition) is 5. The molecule has 3 aromatic rings. The van der Waals surface area contributed by atoms with E-state index in [0.29, 0.717) is 17.4 Å². The van der Waals surface area contributed by atoms with Gasteiger partial charge in [-0.1, -0.05) is 31.0 Å². The summed E-state index contributed by atoms with van der Waals surface area (Å²) in [6.07, 6.45) is 7.98. The maximum absolute atomic E-state index is 12.3. The smallest absolute Gasteiger partial charge is 0.258 e. The highest BCUT2D eigenvalue weighted by Gasteiger charge is 2.21. The van der Waals surface area contributed by atoms with Crippen LogP contribution in [0.4, 0.5) is 0 Å². The first-order valence-corrected chi connectivity index (χ1v) is 10.6. The lowest BCUT2D eigenvalue weighted by molar-refractivity contribution is 0.332. The van der Waals surface area contributed by atoms with Gasteiger partial charge < -0.3 is 4.57 Å². The number of pyridine rings is 1. The molecule has 8 heteroatoms. The minimum atomic E-state index is -0.0724. The van der Waals surface area contributed by atoms with Crippen molar-refractivity contribution < 1.29 is 0 Å². The lowest BCUT2D eigenvalue weighted by atomic mass is 9.95. The predicted molar refractivity (Wildman–Crippen MR) is 106 cm³/mol. The van der Waals surface area contributed by atoms with E-state index in [4.69, 9.17) is 0 Å². The van der Waals surface area contributed by atoms with Crippen molar-refractivity contribution in [3.05, 3.63) is 50.7 Å². The molecular formula is C18H20BrN5OS. The van der Waals surface area contributed by atoms with Crippen LogP contribution in [0.25, 0.3) is 5.65 Å². The summed E-state index contributed by atoms with van der Waals surface area (Å²) < 4.78 is 4.67. The summed E-state index contributed by atoms with van der Waals surface area (Å²) in [6, 6.07) is 5.82. The predicted octanol–water partition coefficient (Wildman–Crippen LogP) is 4.15. The van der Waals surface area contributed by atoms with Gasteiger partial charge in [-0.25, -0.2) is 4.98 Å². The van der Waals surface area contributed by atoms with Crippen molar-refractivity contribution in [1.82, 2.24) is 24.1 Å². The van der Waals surface area contributed by atoms with E-state index < -0.39 is 0 Å². The summed E-state index contributed by atoms with van der Waals surface area (Å²) in [5.74, 6) is 1.57. The van der Waals surface area contributed by atoms with Crippen LogP contribution in [0, 0.1) is 6.92 Å². The van der Waals surface area contributed by atoms with Crippen LogP contribution >= 0.6 is 27.7 Å². The van der Waals surface area contributed by atoms with Crippen molar-refractivity contribution in [3.63, 3.8) is 0 Å². The molecule has 0 spiro atoms. The molecule has 0 N–H and O–H groups in total. The Hall–Kier alpha value is -1.67. The molecule has 1 saturated carbocycles. The first kappa shape index (κ1) is 17.7. The van der Waals surface area contributed by atoms with Crippen molar-refractivity contribution in [3.8, 4) is 0 Å². The molecule has 3 heterocycles. The Balaban J connectivity index is 1.57. The van der Waals surface area contributed by atoms with E-state index in [1.165, 1.54) is 32.1 Å². The first-order valence-electron chi connectivity index (χ1n) is 8.84. The Bertz CT molecular complexity index is 993. The Labute approximate surface area is 164 Å². The largest absolute Gasteiger partial charge is 0.303 e. The molecule has 1 aliphatic rings. The summed E-state index contributed by atoms with van der Waals surface area (Å²) in [5, 5.41) is 9.57. The second kappa shape index (κ2) is 7.52. The number of thioether (sulfide) groups is 1. The number of hydrogen-bond donors (Lipinski definition) is 0. The lowest BCUT2D eigenvalue weighted by Crippen LogP contribution is -2.16. The fourth-order valence-corrected chi connectivity index (χ4v) is 4.83. The average Bonchev–Trinajstić information content (AvgIpc) is 3.02. The van der Waals surface area contributed by atoms with Crippen molar-refractivity contribution in [2.75, 3.05) is 0 Å². The van der Waals surface area contributed by atoms with Gasteiger partial charge in [-0.05, 0) is 47.8 Å². The van der Waals surface area contributed by atoms with Gasteiger partial charge in [0.15, 0.2) is 5.16 Å². The lowest BCUT2D eigenvalue weighted by Gasteiger charge is -2.24. The zero-order valence-electron chi connectivity index (χ0n) is 14.6. The van der Waals surface area contributed by atoms with Crippen molar-refractivity contribution in [2.45, 2.75) is 56.0 Å². The van der Waals surface area contributed by atoms with Crippen molar-refractivity contribution in [1.29, 1.82) is 0 Å². The summed E-state index contributed by atoms with van der Waals surface area (Å²) in [5.41, 5.74) is 1.34. The molecule has 26 heavy (non-hydrogen) atoms. The minimum absolute atomic E-state index is 0.0724. The van der Waals surface area contributed by atoms with E-state index in [1.807, 2.05) is 19.1 Å². The molecule has 0 aromatic carbocycles. The molecule has 4 rings (SSSR count). The molecule has 3 aromatic heterocycles. The third-order valence-corrected chi connectivity index (χ3v) is 6.25. The Morgan fingerprint density at radius 3 is 2.85 bits per heavy atom. The quantitative estimate of drug-likeness (QED) is 0.577. The molecule has 0 saturated heterocycles. The Morgan fingerprint density at radius 2 is 2.04 bits per heavy atom. The van der Waals surface area contributed by atoms with E-state index in [-0.39, 0.29) is 5.56 Å². The van der Waals surface area contributed by atoms with E-state index in [2.05, 4.69) is 35.7 Å². The highest BCUT2D eigenvalue weighted by atomic mass is 79.9. The first-order chi connectivity index (χ1) is 12.6. The minimum Gasteiger partial charge on any atom is -0.303 e. The SMILES string of the molecule is Cc1nnc(SCc2cc(=O)n3cc(Br)ccc3n2)n1C1CCCCC1. The van der Waals surface area contributed by atoms with Gasteiger partial charge in [0.1, 0.15) is 11.5 Å². The second-order valence-corrected chi connectivity index (χ2v) is 8.50. The van der Waals surface area contributed by atoms with Crippen LogP contribution in [0.2, 0.25) is 0 Å². The maximum atomic E-state index is 12.3. The zero-order chi connectivity index (χ0) is 18.1. The van der Waals surface area contributed by atoms with Crippen molar-refractivity contribution >= 4 is 33.3 Å². The van der Waals surface area contributed by atoms with Crippen LogP contribution in [-0.2, 0) is 5.75 Å². The van der Waals surface area contributed by atoms with Gasteiger partial charge in [-0.3, -0.25) is 9.20 Å². The third kappa shape index (κ3) is 3.57. The summed E-state index contributed by atoms with van der Waals surface area (Å²) >= 11 is 4.99. The van der Waals surface area contributed by atoms with Gasteiger partial charge in [-0.2, -0.15) is 0 Å². The highest BCUT2D eigenvalue weighted by molar-refractivity contribution is 9.10. The van der Waals surface area contributed by atoms with Crippen LogP contribution in [-0.4, -0.2) is 24.1 Å². The van der Waals surface area contributed by atoms with Gasteiger partial charge in [0.2, 0.25) is 0 Å². The molecule has 0 radical (unpaired) electrons. The van der Waals surface area contributed by atoms with Crippen molar-refractivity contribution in [2.24, 2.45) is 0 Å². The standard InChI is InChI=1S/C18H20BrN5OS/c1-12-21-22-18(24(12)15-5-3-2-4-6-15)26-11-14-9-17(25)23-10-13(19)7-8-16(23)20-14/h7-10,15H,2-6,11H2,1H3. The number of aromatic nitrogens is 5. The second-order valence-electron chi connectivity index (χ2n) is 6.64. The van der Waals surface area contributed by atoms with Crippen LogP contribution in [0.3, 0.4) is 0 Å². The molecule has 1 aliphatic carbocycles. The number of aryl methyl sites for hydroxylation is 1. The molecule has 0 unspecified atom stereocenters. The maximum Gasteiger partial charge on any atom is 0.258 e. The molecule has 6 nitrogen and oxygen atoms in total. The molecule has 0 bridgehead atoms. The number of halogens is 1. The summed E-state index contributed by atoms with van der Waals surface area (Å²) in [4.78, 5) is 16.9. The van der Waals surface area contributed by atoms with Crippen LogP contribution in [0.1, 0.15) is 49.7 Å². The van der Waals surface area contributed by atoms with Gasteiger partial charge >= 0.3 is 0 Å². The summed E-state index contributed by atoms with van der Waals surface area (Å²) in [6.45, 7) is 2.02. The normalized spacial score (nSPS) is 15.6. The van der Waals surface area contributed by atoms with Gasteiger partial charge in [0.25, 0.3) is 5.56 Å². The third-order valence-electron chi connectivity index (χ3n) is 4.80. The number of nitrogens with zero attached hydrogens (tertiary/aromatic N) is 5. The van der Waals surface area contributed by atoms with E-state index >= 15 is 0 Å². The average molecular weight is 434 g/mol. The molecule has 0 amide bonds. The fraction of sp³-hybridized carbons (Fsp3) is 0.444. The van der Waals surface area contributed by atoms with Crippen LogP contribution in [0.15, 0.2) is 38.8 Å². The fourth-order valence-electron chi connectivity index (χ4n) is 3.55. The highest BCUT2D eigenvalue weighted by Crippen LogP contribution is 2.33. The van der Waals surface area contributed by atoms with Gasteiger partial charge in [0.05, 0.1) is 5.69 Å².